The van der Waals surface area contributed by atoms with E-state index in [-0.39, 0.29) is 12.1 Å². The average Bonchev–Trinajstić information content (AvgIpc) is 2.49. The molecule has 0 saturated heterocycles. The third-order valence-corrected chi connectivity index (χ3v) is 4.14. The summed E-state index contributed by atoms with van der Waals surface area (Å²) in [6, 6.07) is 15.8. The molecule has 2 unspecified atom stereocenters. The second-order valence-corrected chi connectivity index (χ2v) is 6.34. The van der Waals surface area contributed by atoms with Crippen LogP contribution in [0.4, 0.5) is 0 Å². The molecule has 2 nitrogen and oxygen atoms in total. The predicted molar refractivity (Wildman–Crippen MR) is 91.4 cm³/mol. The fraction of sp³-hybridized carbons (Fsp3) is 0.294. The number of hydrogen-bond acceptors (Lipinski definition) is 2. The highest BCUT2D eigenvalue weighted by atomic mass is 79.9. The number of nitrogens with two attached hydrogens (primary N) is 1. The van der Waals surface area contributed by atoms with Crippen LogP contribution in [0.15, 0.2) is 53.0 Å². The van der Waals surface area contributed by atoms with Gasteiger partial charge < -0.3 is 10.5 Å². The third kappa shape index (κ3) is 4.82. The van der Waals surface area contributed by atoms with Crippen molar-refractivity contribution in [3.8, 4) is 0 Å². The van der Waals surface area contributed by atoms with Gasteiger partial charge in [-0.3, -0.25) is 0 Å². The van der Waals surface area contributed by atoms with Gasteiger partial charge in [0.25, 0.3) is 0 Å². The van der Waals surface area contributed by atoms with Gasteiger partial charge in [0.05, 0.1) is 12.7 Å². The molecule has 112 valence electrons. The Hall–Kier alpha value is -0.870. The minimum atomic E-state index is -0.123. The van der Waals surface area contributed by atoms with Crippen molar-refractivity contribution in [2.24, 2.45) is 5.73 Å². The molecule has 0 fully saturated rings. The Labute approximate surface area is 139 Å². The molecule has 0 aliphatic carbocycles. The Morgan fingerprint density at radius 1 is 1.19 bits per heavy atom. The van der Waals surface area contributed by atoms with E-state index in [0.29, 0.717) is 6.61 Å². The van der Waals surface area contributed by atoms with Crippen molar-refractivity contribution in [1.82, 2.24) is 0 Å². The van der Waals surface area contributed by atoms with Crippen LogP contribution in [-0.4, -0.2) is 6.04 Å². The van der Waals surface area contributed by atoms with Crippen LogP contribution in [0, 0.1) is 0 Å². The van der Waals surface area contributed by atoms with E-state index in [1.807, 2.05) is 48.5 Å². The minimum absolute atomic E-state index is 0.0367. The Morgan fingerprint density at radius 3 is 2.52 bits per heavy atom. The summed E-state index contributed by atoms with van der Waals surface area (Å²) in [4.78, 5) is 0. The third-order valence-electron chi connectivity index (χ3n) is 3.38. The maximum atomic E-state index is 6.22. The Bertz CT molecular complexity index is 573. The SMILES string of the molecule is CCC(N)C(OCc1cccc(Cl)c1)c1ccc(Br)cc1. The van der Waals surface area contributed by atoms with E-state index in [1.165, 1.54) is 0 Å². The fourth-order valence-corrected chi connectivity index (χ4v) is 2.62. The van der Waals surface area contributed by atoms with Crippen LogP contribution >= 0.6 is 27.5 Å². The zero-order valence-electron chi connectivity index (χ0n) is 11.9. The van der Waals surface area contributed by atoms with Gasteiger partial charge in [0.1, 0.15) is 0 Å². The molecule has 0 aliphatic heterocycles. The minimum Gasteiger partial charge on any atom is -0.367 e. The Balaban J connectivity index is 2.11. The molecule has 0 amide bonds. The molecular formula is C17H19BrClNO. The first kappa shape index (κ1) is 16.5. The standard InChI is InChI=1S/C17H19BrClNO/c1-2-16(20)17(13-6-8-14(18)9-7-13)21-11-12-4-3-5-15(19)10-12/h3-10,16-17H,2,11,20H2,1H3. The molecule has 2 aromatic carbocycles. The lowest BCUT2D eigenvalue weighted by atomic mass is 10.0. The van der Waals surface area contributed by atoms with Gasteiger partial charge >= 0.3 is 0 Å². The first-order valence-electron chi connectivity index (χ1n) is 6.97. The highest BCUT2D eigenvalue weighted by Gasteiger charge is 2.19. The summed E-state index contributed by atoms with van der Waals surface area (Å²) in [6.45, 7) is 2.56. The first-order chi connectivity index (χ1) is 10.1. The van der Waals surface area contributed by atoms with Crippen LogP contribution in [-0.2, 0) is 11.3 Å². The highest BCUT2D eigenvalue weighted by Crippen LogP contribution is 2.25. The van der Waals surface area contributed by atoms with Crippen molar-refractivity contribution in [3.63, 3.8) is 0 Å². The van der Waals surface area contributed by atoms with Gasteiger partial charge in [0.15, 0.2) is 0 Å². The van der Waals surface area contributed by atoms with Crippen molar-refractivity contribution in [3.05, 3.63) is 69.2 Å². The zero-order chi connectivity index (χ0) is 15.2. The lowest BCUT2D eigenvalue weighted by Gasteiger charge is -2.24. The summed E-state index contributed by atoms with van der Waals surface area (Å²) in [5.41, 5.74) is 8.36. The monoisotopic (exact) mass is 367 g/mol. The smallest absolute Gasteiger partial charge is 0.0980 e. The van der Waals surface area contributed by atoms with Crippen LogP contribution in [0.25, 0.3) is 0 Å². The van der Waals surface area contributed by atoms with E-state index < -0.39 is 0 Å². The molecule has 0 saturated carbocycles. The molecule has 0 aliphatic rings. The molecule has 2 aromatic rings. The number of hydrogen-bond donors (Lipinski definition) is 1. The van der Waals surface area contributed by atoms with Crippen LogP contribution in [0.2, 0.25) is 5.02 Å². The zero-order valence-corrected chi connectivity index (χ0v) is 14.3. The predicted octanol–water partition coefficient (Wildman–Crippen LogP) is 5.10. The molecule has 2 N–H and O–H groups in total. The molecule has 0 spiro atoms. The van der Waals surface area contributed by atoms with E-state index in [1.54, 1.807) is 0 Å². The maximum absolute atomic E-state index is 6.22. The van der Waals surface area contributed by atoms with Gasteiger partial charge in [-0.1, -0.05) is 58.7 Å². The first-order valence-corrected chi connectivity index (χ1v) is 8.14. The number of halogens is 2. The van der Waals surface area contributed by atoms with Gasteiger partial charge in [0, 0.05) is 15.5 Å². The molecule has 0 heterocycles. The van der Waals surface area contributed by atoms with Crippen molar-refractivity contribution in [2.45, 2.75) is 32.1 Å². The van der Waals surface area contributed by atoms with Crippen molar-refractivity contribution in [2.75, 3.05) is 0 Å². The Kier molecular flexibility index (Phi) is 6.24. The molecule has 4 heteroatoms. The summed E-state index contributed by atoms with van der Waals surface area (Å²) in [5, 5.41) is 0.719. The van der Waals surface area contributed by atoms with Gasteiger partial charge in [-0.25, -0.2) is 0 Å². The molecule has 0 radical (unpaired) electrons. The summed E-state index contributed by atoms with van der Waals surface area (Å²) >= 11 is 9.44. The second kappa shape index (κ2) is 7.95. The average molecular weight is 369 g/mol. The van der Waals surface area contributed by atoms with Crippen LogP contribution < -0.4 is 5.73 Å². The summed E-state index contributed by atoms with van der Waals surface area (Å²) in [6.07, 6.45) is 0.734. The van der Waals surface area contributed by atoms with Crippen LogP contribution in [0.3, 0.4) is 0 Å². The second-order valence-electron chi connectivity index (χ2n) is 4.99. The molecule has 21 heavy (non-hydrogen) atoms. The van der Waals surface area contributed by atoms with Gasteiger partial charge in [-0.15, -0.1) is 0 Å². The van der Waals surface area contributed by atoms with Gasteiger partial charge in [-0.05, 0) is 41.8 Å². The van der Waals surface area contributed by atoms with E-state index in [4.69, 9.17) is 22.1 Å². The van der Waals surface area contributed by atoms with Crippen molar-refractivity contribution >= 4 is 27.5 Å². The fourth-order valence-electron chi connectivity index (χ4n) is 2.15. The molecule has 2 rings (SSSR count). The lowest BCUT2D eigenvalue weighted by Crippen LogP contribution is -2.29. The number of benzene rings is 2. The maximum Gasteiger partial charge on any atom is 0.0980 e. The molecule has 0 aromatic heterocycles. The quantitative estimate of drug-likeness (QED) is 0.770. The molecule has 2 atom stereocenters. The van der Waals surface area contributed by atoms with Crippen molar-refractivity contribution in [1.29, 1.82) is 0 Å². The highest BCUT2D eigenvalue weighted by molar-refractivity contribution is 9.10. The van der Waals surface area contributed by atoms with Crippen LogP contribution in [0.5, 0.6) is 0 Å². The van der Waals surface area contributed by atoms with E-state index >= 15 is 0 Å². The van der Waals surface area contributed by atoms with E-state index in [2.05, 4.69) is 22.9 Å². The summed E-state index contributed by atoms with van der Waals surface area (Å²) < 4.78 is 7.11. The lowest BCUT2D eigenvalue weighted by molar-refractivity contribution is 0.0212. The molecular weight excluding hydrogens is 350 g/mol. The van der Waals surface area contributed by atoms with Gasteiger partial charge in [0.2, 0.25) is 0 Å². The topological polar surface area (TPSA) is 35.2 Å². The van der Waals surface area contributed by atoms with Crippen molar-refractivity contribution < 1.29 is 4.74 Å². The summed E-state index contributed by atoms with van der Waals surface area (Å²) in [5.74, 6) is 0. The number of ether oxygens (including phenoxy) is 1. The van der Waals surface area contributed by atoms with Gasteiger partial charge in [-0.2, -0.15) is 0 Å². The summed E-state index contributed by atoms with van der Waals surface area (Å²) in [7, 11) is 0. The number of rotatable bonds is 6. The molecule has 0 bridgehead atoms. The van der Waals surface area contributed by atoms with E-state index in [0.717, 1.165) is 27.0 Å². The van der Waals surface area contributed by atoms with Crippen LogP contribution in [0.1, 0.15) is 30.6 Å². The Morgan fingerprint density at radius 2 is 1.90 bits per heavy atom. The largest absolute Gasteiger partial charge is 0.367 e. The normalized spacial score (nSPS) is 13.9. The van der Waals surface area contributed by atoms with E-state index in [9.17, 15) is 0 Å².